The van der Waals surface area contributed by atoms with E-state index >= 15 is 0 Å². The molecule has 0 radical (unpaired) electrons. The molecule has 2 saturated heterocycles. The van der Waals surface area contributed by atoms with Crippen LogP contribution in [-0.4, -0.2) is 70.8 Å². The van der Waals surface area contributed by atoms with Crippen LogP contribution in [-0.2, 0) is 20.7 Å². The number of hydrogen-bond acceptors (Lipinski definition) is 7. The summed E-state index contributed by atoms with van der Waals surface area (Å²) in [6.45, 7) is 4.71. The molecule has 3 heterocycles. The first-order chi connectivity index (χ1) is 14.9. The highest BCUT2D eigenvalue weighted by Gasteiger charge is 2.44. The maximum atomic E-state index is 14.0. The smallest absolute Gasteiger partial charge is 0.250 e. The van der Waals surface area contributed by atoms with Gasteiger partial charge in [0.25, 0.3) is 5.89 Å². The molecule has 0 bridgehead atoms. The standard InChI is InChI=1S/C21H26FN5O4/c1-12(2)30-11-18(28)24-13-7-17-20(29)23-9-14(27(17)10-13)8-19-25-26-21(31-19)15-5-3-4-6-16(15)22/h3-6,12-14,17H,7-11H2,1-2H3,(H,23,29)(H,24,28)/t13-,14+,17-/m0/s1. The lowest BCUT2D eigenvalue weighted by Gasteiger charge is -2.36. The third kappa shape index (κ3) is 4.91. The van der Waals surface area contributed by atoms with E-state index in [9.17, 15) is 14.0 Å². The van der Waals surface area contributed by atoms with Crippen molar-refractivity contribution in [2.24, 2.45) is 0 Å². The van der Waals surface area contributed by atoms with Gasteiger partial charge in [-0.15, -0.1) is 10.2 Å². The third-order valence-corrected chi connectivity index (χ3v) is 5.52. The van der Waals surface area contributed by atoms with Crippen LogP contribution in [0.25, 0.3) is 11.5 Å². The summed E-state index contributed by atoms with van der Waals surface area (Å²) in [7, 11) is 0. The maximum absolute atomic E-state index is 14.0. The number of hydrogen-bond donors (Lipinski definition) is 2. The highest BCUT2D eigenvalue weighted by molar-refractivity contribution is 5.83. The molecule has 2 aliphatic heterocycles. The average molecular weight is 431 g/mol. The number of rotatable bonds is 7. The fourth-order valence-electron chi connectivity index (χ4n) is 4.06. The molecule has 3 atom stereocenters. The molecule has 0 aliphatic carbocycles. The number of carbonyl (C=O) groups is 2. The van der Waals surface area contributed by atoms with Crippen molar-refractivity contribution < 1.29 is 23.1 Å². The summed E-state index contributed by atoms with van der Waals surface area (Å²) in [5, 5.41) is 13.9. The molecule has 2 fully saturated rings. The van der Waals surface area contributed by atoms with E-state index in [1.54, 1.807) is 18.2 Å². The predicted octanol–water partition coefficient (Wildman–Crippen LogP) is 0.901. The van der Waals surface area contributed by atoms with E-state index in [0.29, 0.717) is 31.8 Å². The first-order valence-corrected chi connectivity index (χ1v) is 10.4. The number of carbonyl (C=O) groups excluding carboxylic acids is 2. The quantitative estimate of drug-likeness (QED) is 0.670. The minimum atomic E-state index is -0.428. The monoisotopic (exact) mass is 431 g/mol. The van der Waals surface area contributed by atoms with Crippen LogP contribution in [0.3, 0.4) is 0 Å². The summed E-state index contributed by atoms with van der Waals surface area (Å²) in [4.78, 5) is 26.5. The van der Waals surface area contributed by atoms with Gasteiger partial charge in [-0.3, -0.25) is 14.5 Å². The Bertz CT molecular complexity index is 949. The number of halogens is 1. The van der Waals surface area contributed by atoms with Crippen LogP contribution < -0.4 is 10.6 Å². The lowest BCUT2D eigenvalue weighted by atomic mass is 10.1. The number of nitrogens with one attached hydrogen (secondary N) is 2. The summed E-state index contributed by atoms with van der Waals surface area (Å²) in [5.41, 5.74) is 0.253. The molecule has 4 rings (SSSR count). The van der Waals surface area contributed by atoms with Crippen LogP contribution in [0.1, 0.15) is 26.2 Å². The molecule has 2 N–H and O–H groups in total. The second kappa shape index (κ2) is 9.11. The Morgan fingerprint density at radius 1 is 1.39 bits per heavy atom. The van der Waals surface area contributed by atoms with Gasteiger partial charge in [0.15, 0.2) is 0 Å². The fraction of sp³-hybridized carbons (Fsp3) is 0.524. The van der Waals surface area contributed by atoms with Gasteiger partial charge >= 0.3 is 0 Å². The SMILES string of the molecule is CC(C)OCC(=O)N[C@H]1C[C@H]2C(=O)NC[C@@H](Cc3nnc(-c4ccccc4F)o3)N2C1. The van der Waals surface area contributed by atoms with E-state index < -0.39 is 5.82 Å². The summed E-state index contributed by atoms with van der Waals surface area (Å²) in [6, 6.07) is 5.68. The molecule has 2 amide bonds. The Morgan fingerprint density at radius 3 is 2.97 bits per heavy atom. The molecule has 1 aromatic carbocycles. The second-order valence-corrected chi connectivity index (χ2v) is 8.16. The molecule has 31 heavy (non-hydrogen) atoms. The minimum absolute atomic E-state index is 0.00470. The van der Waals surface area contributed by atoms with Gasteiger partial charge in [-0.1, -0.05) is 12.1 Å². The van der Waals surface area contributed by atoms with Crippen molar-refractivity contribution in [1.82, 2.24) is 25.7 Å². The Morgan fingerprint density at radius 2 is 2.19 bits per heavy atom. The van der Waals surface area contributed by atoms with E-state index in [2.05, 4.69) is 25.7 Å². The normalized spacial score (nSPS) is 23.6. The van der Waals surface area contributed by atoms with Crippen LogP contribution in [0.15, 0.2) is 28.7 Å². The summed E-state index contributed by atoms with van der Waals surface area (Å²) >= 11 is 0. The summed E-state index contributed by atoms with van der Waals surface area (Å²) < 4.78 is 25.0. The molecule has 0 unspecified atom stereocenters. The van der Waals surface area contributed by atoms with Gasteiger partial charge in [-0.25, -0.2) is 4.39 Å². The van der Waals surface area contributed by atoms with Crippen LogP contribution in [0.2, 0.25) is 0 Å². The number of aromatic nitrogens is 2. The van der Waals surface area contributed by atoms with Gasteiger partial charge in [0.1, 0.15) is 12.4 Å². The van der Waals surface area contributed by atoms with Crippen molar-refractivity contribution in [1.29, 1.82) is 0 Å². The highest BCUT2D eigenvalue weighted by atomic mass is 19.1. The molecule has 166 valence electrons. The van der Waals surface area contributed by atoms with E-state index in [1.165, 1.54) is 6.07 Å². The van der Waals surface area contributed by atoms with Crippen molar-refractivity contribution in [3.63, 3.8) is 0 Å². The van der Waals surface area contributed by atoms with E-state index in [4.69, 9.17) is 9.15 Å². The first kappa shape index (κ1) is 21.4. The van der Waals surface area contributed by atoms with Crippen molar-refractivity contribution in [3.05, 3.63) is 36.0 Å². The third-order valence-electron chi connectivity index (χ3n) is 5.52. The molecule has 1 aromatic heterocycles. The summed E-state index contributed by atoms with van der Waals surface area (Å²) in [5.74, 6) is -0.176. The first-order valence-electron chi connectivity index (χ1n) is 10.4. The largest absolute Gasteiger partial charge is 0.421 e. The number of amides is 2. The summed E-state index contributed by atoms with van der Waals surface area (Å²) in [6.07, 6.45) is 0.912. The van der Waals surface area contributed by atoms with Gasteiger partial charge in [-0.05, 0) is 32.4 Å². The second-order valence-electron chi connectivity index (χ2n) is 8.16. The Labute approximate surface area is 179 Å². The van der Waals surface area contributed by atoms with Crippen molar-refractivity contribution >= 4 is 11.8 Å². The zero-order valence-corrected chi connectivity index (χ0v) is 17.5. The van der Waals surface area contributed by atoms with Crippen molar-refractivity contribution in [2.75, 3.05) is 19.7 Å². The molecule has 9 nitrogen and oxygen atoms in total. The van der Waals surface area contributed by atoms with Gasteiger partial charge in [-0.2, -0.15) is 0 Å². The lowest BCUT2D eigenvalue weighted by molar-refractivity contribution is -0.129. The lowest BCUT2D eigenvalue weighted by Crippen LogP contribution is -2.58. The van der Waals surface area contributed by atoms with E-state index in [1.807, 2.05) is 13.8 Å². The topological polar surface area (TPSA) is 110 Å². The van der Waals surface area contributed by atoms with Crippen LogP contribution in [0, 0.1) is 5.82 Å². The average Bonchev–Trinajstić information content (AvgIpc) is 3.37. The molecule has 2 aliphatic rings. The van der Waals surface area contributed by atoms with Crippen LogP contribution in [0.5, 0.6) is 0 Å². The van der Waals surface area contributed by atoms with Gasteiger partial charge in [0.2, 0.25) is 17.7 Å². The molecular weight excluding hydrogens is 405 g/mol. The Hall–Kier alpha value is -2.85. The van der Waals surface area contributed by atoms with Crippen molar-refractivity contribution in [3.8, 4) is 11.5 Å². The fourth-order valence-corrected chi connectivity index (χ4v) is 4.06. The van der Waals surface area contributed by atoms with Gasteiger partial charge < -0.3 is 19.8 Å². The molecule has 10 heteroatoms. The van der Waals surface area contributed by atoms with Crippen LogP contribution >= 0.6 is 0 Å². The zero-order valence-electron chi connectivity index (χ0n) is 17.5. The van der Waals surface area contributed by atoms with Crippen molar-refractivity contribution in [2.45, 2.75) is 50.9 Å². The van der Waals surface area contributed by atoms with Gasteiger partial charge in [0.05, 0.1) is 17.7 Å². The Balaban J connectivity index is 1.40. The molecule has 0 spiro atoms. The molecular formula is C21H26FN5O4. The molecule has 2 aromatic rings. The molecule has 0 saturated carbocycles. The van der Waals surface area contributed by atoms with Gasteiger partial charge in [0, 0.05) is 31.6 Å². The zero-order chi connectivity index (χ0) is 22.0. The van der Waals surface area contributed by atoms with E-state index in [0.717, 1.165) is 0 Å². The number of fused-ring (bicyclic) bond motifs is 1. The number of ether oxygens (including phenoxy) is 1. The number of piperazine rings is 1. The predicted molar refractivity (Wildman–Crippen MR) is 108 cm³/mol. The minimum Gasteiger partial charge on any atom is -0.421 e. The number of benzene rings is 1. The van der Waals surface area contributed by atoms with E-state index in [-0.39, 0.29) is 54.1 Å². The maximum Gasteiger partial charge on any atom is 0.250 e. The Kier molecular flexibility index (Phi) is 6.28. The van der Waals surface area contributed by atoms with Crippen LogP contribution in [0.4, 0.5) is 4.39 Å². The highest BCUT2D eigenvalue weighted by Crippen LogP contribution is 2.27. The number of nitrogens with zero attached hydrogens (tertiary/aromatic N) is 3.